The molecule has 0 aliphatic carbocycles. The van der Waals surface area contributed by atoms with Gasteiger partial charge in [-0.1, -0.05) is 6.07 Å². The average Bonchev–Trinajstić information content (AvgIpc) is 2.44. The van der Waals surface area contributed by atoms with E-state index < -0.39 is 11.0 Å². The maximum atomic E-state index is 11.6. The zero-order valence-corrected chi connectivity index (χ0v) is 11.3. The Morgan fingerprint density at radius 1 is 1.50 bits per heavy atom. The van der Waals surface area contributed by atoms with Crippen molar-refractivity contribution in [2.75, 3.05) is 20.8 Å². The van der Waals surface area contributed by atoms with Gasteiger partial charge < -0.3 is 20.5 Å². The first-order valence-corrected chi connectivity index (χ1v) is 5.83. The number of carbonyl (C=O) groups excluding carboxylic acids is 1. The van der Waals surface area contributed by atoms with Gasteiger partial charge in [0.1, 0.15) is 6.04 Å². The molecule has 1 rings (SSSR count). The number of amides is 1. The molecule has 0 aliphatic rings. The number of methoxy groups -OCH3 is 2. The number of hydrogen-bond donors (Lipinski definition) is 2. The number of benzene rings is 1. The molecular weight excluding hydrogens is 266 g/mol. The molecule has 8 nitrogen and oxygen atoms in total. The number of ether oxygens (including phenoxy) is 2. The van der Waals surface area contributed by atoms with Crippen LogP contribution < -0.4 is 15.8 Å². The van der Waals surface area contributed by atoms with Crippen LogP contribution in [0.1, 0.15) is 5.56 Å². The number of nitrogens with one attached hydrogen (secondary N) is 1. The highest BCUT2D eigenvalue weighted by molar-refractivity contribution is 5.81. The van der Waals surface area contributed by atoms with E-state index in [1.165, 1.54) is 26.4 Å². The number of nitrogens with two attached hydrogens (primary N) is 1. The van der Waals surface area contributed by atoms with Gasteiger partial charge >= 0.3 is 5.69 Å². The van der Waals surface area contributed by atoms with Gasteiger partial charge in [-0.05, 0) is 11.6 Å². The fraction of sp³-hybridized carbons (Fsp3) is 0.417. The van der Waals surface area contributed by atoms with Crippen LogP contribution in [0.3, 0.4) is 0 Å². The van der Waals surface area contributed by atoms with Gasteiger partial charge in [-0.2, -0.15) is 0 Å². The molecule has 1 aromatic rings. The molecular formula is C12H17N3O5. The average molecular weight is 283 g/mol. The van der Waals surface area contributed by atoms with Gasteiger partial charge in [-0.25, -0.2) is 0 Å². The Morgan fingerprint density at radius 3 is 2.75 bits per heavy atom. The molecule has 0 spiro atoms. The molecule has 0 radical (unpaired) electrons. The Balaban J connectivity index is 2.72. The van der Waals surface area contributed by atoms with E-state index in [1.807, 2.05) is 0 Å². The minimum Gasteiger partial charge on any atom is -0.490 e. The molecule has 1 atom stereocenters. The number of nitro benzene ring substituents is 1. The SMILES string of the molecule is COCC(N)C(=O)NCc1ccc(OC)c([N+](=O)[O-])c1. The zero-order valence-electron chi connectivity index (χ0n) is 11.3. The molecule has 3 N–H and O–H groups in total. The quantitative estimate of drug-likeness (QED) is 0.545. The van der Waals surface area contributed by atoms with Crippen LogP contribution in [-0.2, 0) is 16.1 Å². The number of rotatable bonds is 7. The molecule has 0 bridgehead atoms. The lowest BCUT2D eigenvalue weighted by molar-refractivity contribution is -0.385. The van der Waals surface area contributed by atoms with Gasteiger partial charge in [0, 0.05) is 19.7 Å². The summed E-state index contributed by atoms with van der Waals surface area (Å²) in [6.45, 7) is 0.246. The van der Waals surface area contributed by atoms with Gasteiger partial charge in [-0.15, -0.1) is 0 Å². The van der Waals surface area contributed by atoms with Gasteiger partial charge in [0.25, 0.3) is 0 Å². The van der Waals surface area contributed by atoms with E-state index in [4.69, 9.17) is 15.2 Å². The predicted octanol–water partition coefficient (Wildman–Crippen LogP) is 0.193. The Hall–Kier alpha value is -2.19. The summed E-state index contributed by atoms with van der Waals surface area (Å²) < 4.78 is 9.66. The molecule has 110 valence electrons. The molecule has 1 aromatic carbocycles. The van der Waals surface area contributed by atoms with E-state index in [0.29, 0.717) is 5.56 Å². The van der Waals surface area contributed by atoms with Gasteiger partial charge in [0.2, 0.25) is 5.91 Å². The van der Waals surface area contributed by atoms with Crippen molar-refractivity contribution >= 4 is 11.6 Å². The first-order valence-electron chi connectivity index (χ1n) is 5.83. The fourth-order valence-corrected chi connectivity index (χ4v) is 1.56. The van der Waals surface area contributed by atoms with Crippen molar-refractivity contribution in [2.24, 2.45) is 5.73 Å². The summed E-state index contributed by atoms with van der Waals surface area (Å²) in [5.74, 6) is -0.216. The second kappa shape index (κ2) is 7.41. The summed E-state index contributed by atoms with van der Waals surface area (Å²) >= 11 is 0. The fourth-order valence-electron chi connectivity index (χ4n) is 1.56. The van der Waals surface area contributed by atoms with Gasteiger partial charge in [0.05, 0.1) is 18.6 Å². The summed E-state index contributed by atoms with van der Waals surface area (Å²) in [6.07, 6.45) is 0. The van der Waals surface area contributed by atoms with Crippen molar-refractivity contribution in [3.05, 3.63) is 33.9 Å². The van der Waals surface area contributed by atoms with E-state index in [0.717, 1.165) is 0 Å². The van der Waals surface area contributed by atoms with Gasteiger partial charge in [-0.3, -0.25) is 14.9 Å². The van der Waals surface area contributed by atoms with Crippen LogP contribution in [0, 0.1) is 10.1 Å². The summed E-state index contributed by atoms with van der Waals surface area (Å²) in [4.78, 5) is 21.9. The van der Waals surface area contributed by atoms with E-state index in [9.17, 15) is 14.9 Å². The Labute approximate surface area is 116 Å². The number of carbonyl (C=O) groups is 1. The molecule has 0 fully saturated rings. The second-order valence-electron chi connectivity index (χ2n) is 4.04. The van der Waals surface area contributed by atoms with Crippen LogP contribution in [0.5, 0.6) is 5.75 Å². The summed E-state index contributed by atoms with van der Waals surface area (Å²) in [7, 11) is 2.80. The smallest absolute Gasteiger partial charge is 0.311 e. The third-order valence-corrected chi connectivity index (χ3v) is 2.59. The third-order valence-electron chi connectivity index (χ3n) is 2.59. The van der Waals surface area contributed by atoms with Crippen molar-refractivity contribution in [3.63, 3.8) is 0 Å². The van der Waals surface area contributed by atoms with E-state index in [1.54, 1.807) is 6.07 Å². The van der Waals surface area contributed by atoms with E-state index in [-0.39, 0.29) is 30.5 Å². The lowest BCUT2D eigenvalue weighted by Gasteiger charge is -2.11. The second-order valence-corrected chi connectivity index (χ2v) is 4.04. The van der Waals surface area contributed by atoms with Crippen LogP contribution in [-0.4, -0.2) is 37.7 Å². The van der Waals surface area contributed by atoms with Crippen molar-refractivity contribution in [3.8, 4) is 5.75 Å². The molecule has 0 heterocycles. The highest BCUT2D eigenvalue weighted by atomic mass is 16.6. The minimum absolute atomic E-state index is 0.106. The normalized spacial score (nSPS) is 11.8. The molecule has 0 saturated carbocycles. The predicted molar refractivity (Wildman–Crippen MR) is 71.3 cm³/mol. The number of nitrogens with zero attached hydrogens (tertiary/aromatic N) is 1. The maximum absolute atomic E-state index is 11.6. The Bertz CT molecular complexity index is 492. The molecule has 8 heteroatoms. The highest BCUT2D eigenvalue weighted by Crippen LogP contribution is 2.27. The van der Waals surface area contributed by atoms with E-state index in [2.05, 4.69) is 5.32 Å². The summed E-state index contributed by atoms with van der Waals surface area (Å²) in [6, 6.07) is 3.69. The zero-order chi connectivity index (χ0) is 15.1. The summed E-state index contributed by atoms with van der Waals surface area (Å²) in [5, 5.41) is 13.4. The van der Waals surface area contributed by atoms with Crippen LogP contribution in [0.2, 0.25) is 0 Å². The maximum Gasteiger partial charge on any atom is 0.311 e. The van der Waals surface area contributed by atoms with Crippen molar-refractivity contribution in [1.82, 2.24) is 5.32 Å². The Morgan fingerprint density at radius 2 is 2.20 bits per heavy atom. The lowest BCUT2D eigenvalue weighted by Crippen LogP contribution is -2.43. The topological polar surface area (TPSA) is 117 Å². The van der Waals surface area contributed by atoms with Crippen LogP contribution in [0.4, 0.5) is 5.69 Å². The van der Waals surface area contributed by atoms with Crippen LogP contribution in [0.15, 0.2) is 18.2 Å². The first-order chi connectivity index (χ1) is 9.49. The molecule has 0 saturated heterocycles. The molecule has 1 amide bonds. The minimum atomic E-state index is -0.770. The van der Waals surface area contributed by atoms with Gasteiger partial charge in [0.15, 0.2) is 5.75 Å². The highest BCUT2D eigenvalue weighted by Gasteiger charge is 2.16. The van der Waals surface area contributed by atoms with Crippen LogP contribution in [0.25, 0.3) is 0 Å². The molecule has 0 aliphatic heterocycles. The monoisotopic (exact) mass is 283 g/mol. The molecule has 20 heavy (non-hydrogen) atoms. The van der Waals surface area contributed by atoms with Crippen molar-refractivity contribution < 1.29 is 19.2 Å². The Kier molecular flexibility index (Phi) is 5.88. The largest absolute Gasteiger partial charge is 0.490 e. The lowest BCUT2D eigenvalue weighted by atomic mass is 10.2. The van der Waals surface area contributed by atoms with Crippen molar-refractivity contribution in [2.45, 2.75) is 12.6 Å². The standard InChI is InChI=1S/C12H17N3O5/c1-19-7-9(13)12(16)14-6-8-3-4-11(20-2)10(5-8)15(17)18/h3-5,9H,6-7,13H2,1-2H3,(H,14,16). The van der Waals surface area contributed by atoms with Crippen LogP contribution >= 0.6 is 0 Å². The summed E-state index contributed by atoms with van der Waals surface area (Å²) in [5.41, 5.74) is 5.98. The number of hydrogen-bond acceptors (Lipinski definition) is 6. The molecule has 0 aromatic heterocycles. The first kappa shape index (κ1) is 15.9. The third kappa shape index (κ3) is 4.18. The van der Waals surface area contributed by atoms with E-state index >= 15 is 0 Å². The molecule has 1 unspecified atom stereocenters. The van der Waals surface area contributed by atoms with Crippen molar-refractivity contribution in [1.29, 1.82) is 0 Å². The number of nitro groups is 1.